The number of ether oxygens (including phenoxy) is 1. The molecule has 0 aromatic carbocycles. The summed E-state index contributed by atoms with van der Waals surface area (Å²) in [5.74, 6) is 0.975. The third-order valence-electron chi connectivity index (χ3n) is 4.84. The molecule has 0 amide bonds. The number of hydrogen-bond acceptors (Lipinski definition) is 4. The van der Waals surface area contributed by atoms with Gasteiger partial charge >= 0.3 is 0 Å². The summed E-state index contributed by atoms with van der Waals surface area (Å²) in [7, 11) is 5.99. The first-order valence-electron chi connectivity index (χ1n) is 8.43. The zero-order valence-corrected chi connectivity index (χ0v) is 14.4. The highest BCUT2D eigenvalue weighted by Gasteiger charge is 2.26. The number of likely N-dealkylation sites (N-methyl/N-ethyl adjacent to an activating group) is 1. The van der Waals surface area contributed by atoms with Gasteiger partial charge in [-0.3, -0.25) is 9.67 Å². The number of guanidine groups is 1. The number of aromatic nitrogens is 2. The summed E-state index contributed by atoms with van der Waals surface area (Å²) in [6.45, 7) is 4.55. The Morgan fingerprint density at radius 1 is 1.43 bits per heavy atom. The van der Waals surface area contributed by atoms with E-state index in [0.717, 1.165) is 31.2 Å². The first kappa shape index (κ1) is 16.3. The van der Waals surface area contributed by atoms with Crippen molar-refractivity contribution in [1.29, 1.82) is 0 Å². The van der Waals surface area contributed by atoms with Gasteiger partial charge in [0.15, 0.2) is 5.96 Å². The molecule has 1 N–H and O–H groups in total. The van der Waals surface area contributed by atoms with Crippen LogP contribution in [0.2, 0.25) is 0 Å². The van der Waals surface area contributed by atoms with Crippen molar-refractivity contribution in [2.45, 2.75) is 25.0 Å². The van der Waals surface area contributed by atoms with Gasteiger partial charge in [0.25, 0.3) is 0 Å². The highest BCUT2D eigenvalue weighted by atomic mass is 16.5. The van der Waals surface area contributed by atoms with Crippen molar-refractivity contribution in [2.75, 3.05) is 46.9 Å². The molecule has 1 aromatic heterocycles. The van der Waals surface area contributed by atoms with Gasteiger partial charge in [-0.15, -0.1) is 0 Å². The number of morpholine rings is 1. The van der Waals surface area contributed by atoms with Gasteiger partial charge < -0.3 is 19.9 Å². The highest BCUT2D eigenvalue weighted by molar-refractivity contribution is 5.80. The highest BCUT2D eigenvalue weighted by Crippen LogP contribution is 2.21. The van der Waals surface area contributed by atoms with Gasteiger partial charge in [-0.1, -0.05) is 0 Å². The lowest BCUT2D eigenvalue weighted by atomic mass is 10.1. The minimum Gasteiger partial charge on any atom is -0.370 e. The summed E-state index contributed by atoms with van der Waals surface area (Å²) in [5.41, 5.74) is 1.13. The van der Waals surface area contributed by atoms with Crippen molar-refractivity contribution in [2.24, 2.45) is 12.0 Å². The Bertz CT molecular complexity index is 542. The number of nitrogens with zero attached hydrogens (tertiary/aromatic N) is 5. The van der Waals surface area contributed by atoms with E-state index in [0.29, 0.717) is 12.6 Å². The molecule has 7 heteroatoms. The molecule has 128 valence electrons. The van der Waals surface area contributed by atoms with Crippen LogP contribution in [0.25, 0.3) is 0 Å². The lowest BCUT2D eigenvalue weighted by Gasteiger charge is -2.35. The van der Waals surface area contributed by atoms with Crippen molar-refractivity contribution in [3.63, 3.8) is 0 Å². The molecule has 2 aliphatic rings. The molecular weight excluding hydrogens is 292 g/mol. The second kappa shape index (κ2) is 7.31. The molecule has 2 atom stereocenters. The summed E-state index contributed by atoms with van der Waals surface area (Å²) in [4.78, 5) is 9.18. The molecule has 1 aromatic rings. The van der Waals surface area contributed by atoms with E-state index in [1.807, 2.05) is 31.2 Å². The van der Waals surface area contributed by atoms with Crippen molar-refractivity contribution in [3.8, 4) is 0 Å². The van der Waals surface area contributed by atoms with Gasteiger partial charge in [0.05, 0.1) is 19.3 Å². The minimum absolute atomic E-state index is 0.0603. The second-order valence-electron chi connectivity index (χ2n) is 6.46. The third kappa shape index (κ3) is 3.84. The lowest BCUT2D eigenvalue weighted by Crippen LogP contribution is -2.50. The van der Waals surface area contributed by atoms with Gasteiger partial charge in [-0.05, 0) is 26.4 Å². The molecule has 23 heavy (non-hydrogen) atoms. The Morgan fingerprint density at radius 2 is 2.30 bits per heavy atom. The molecule has 0 spiro atoms. The van der Waals surface area contributed by atoms with Crippen LogP contribution in [0, 0.1) is 0 Å². The molecule has 0 bridgehead atoms. The van der Waals surface area contributed by atoms with E-state index >= 15 is 0 Å². The van der Waals surface area contributed by atoms with E-state index in [1.54, 1.807) is 0 Å². The molecule has 3 rings (SSSR count). The Balaban J connectivity index is 1.57. The van der Waals surface area contributed by atoms with Crippen molar-refractivity contribution < 1.29 is 4.74 Å². The zero-order chi connectivity index (χ0) is 16.2. The van der Waals surface area contributed by atoms with Gasteiger partial charge in [0.2, 0.25) is 0 Å². The Morgan fingerprint density at radius 3 is 2.96 bits per heavy atom. The molecule has 2 unspecified atom stereocenters. The largest absolute Gasteiger partial charge is 0.370 e. The van der Waals surface area contributed by atoms with E-state index in [4.69, 9.17) is 4.74 Å². The van der Waals surface area contributed by atoms with Crippen LogP contribution in [0.5, 0.6) is 0 Å². The van der Waals surface area contributed by atoms with Crippen LogP contribution in [0.1, 0.15) is 24.5 Å². The number of aryl methyl sites for hydroxylation is 1. The molecule has 2 saturated heterocycles. The third-order valence-corrected chi connectivity index (χ3v) is 4.84. The van der Waals surface area contributed by atoms with E-state index in [-0.39, 0.29) is 6.10 Å². The zero-order valence-electron chi connectivity index (χ0n) is 14.4. The average molecular weight is 320 g/mol. The van der Waals surface area contributed by atoms with Crippen LogP contribution in [0.4, 0.5) is 0 Å². The van der Waals surface area contributed by atoms with Crippen LogP contribution in [0.15, 0.2) is 17.4 Å². The predicted molar refractivity (Wildman–Crippen MR) is 90.5 cm³/mol. The Labute approximate surface area is 138 Å². The summed E-state index contributed by atoms with van der Waals surface area (Å²) in [5, 5.41) is 7.79. The maximum Gasteiger partial charge on any atom is 0.193 e. The topological polar surface area (TPSA) is 57.9 Å². The summed E-state index contributed by atoms with van der Waals surface area (Å²) >= 11 is 0. The number of likely N-dealkylation sites (tertiary alicyclic amines) is 1. The molecule has 7 nitrogen and oxygen atoms in total. The van der Waals surface area contributed by atoms with E-state index in [2.05, 4.69) is 32.3 Å². The molecule has 0 radical (unpaired) electrons. The molecule has 2 fully saturated rings. The van der Waals surface area contributed by atoms with Crippen molar-refractivity contribution in [3.05, 3.63) is 18.0 Å². The fourth-order valence-electron chi connectivity index (χ4n) is 3.43. The molecule has 2 aliphatic heterocycles. The monoisotopic (exact) mass is 320 g/mol. The standard InChI is InChI=1S/C16H28N6O/c1-17-16(18-10-14-5-4-6-20(14)2)22-7-8-23-15(12-22)13-9-19-21(3)11-13/h9,11,14-15H,4-8,10,12H2,1-3H3,(H,17,18). The predicted octanol–water partition coefficient (Wildman–Crippen LogP) is 0.463. The lowest BCUT2D eigenvalue weighted by molar-refractivity contribution is -0.00809. The minimum atomic E-state index is 0.0603. The first-order valence-corrected chi connectivity index (χ1v) is 8.43. The Hall–Kier alpha value is -1.60. The SMILES string of the molecule is CN=C(NCC1CCCN1C)N1CCOC(c2cnn(C)c2)C1. The number of nitrogens with one attached hydrogen (secondary N) is 1. The molecule has 0 saturated carbocycles. The van der Waals surface area contributed by atoms with Crippen molar-refractivity contribution in [1.82, 2.24) is 24.9 Å². The molecule has 3 heterocycles. The van der Waals surface area contributed by atoms with Crippen molar-refractivity contribution >= 4 is 5.96 Å². The van der Waals surface area contributed by atoms with Crippen LogP contribution in [-0.2, 0) is 11.8 Å². The van der Waals surface area contributed by atoms with Gasteiger partial charge in [0, 0.05) is 45.0 Å². The maximum atomic E-state index is 5.91. The van der Waals surface area contributed by atoms with E-state index in [9.17, 15) is 0 Å². The summed E-state index contributed by atoms with van der Waals surface area (Å²) < 4.78 is 7.73. The van der Waals surface area contributed by atoms with E-state index in [1.165, 1.54) is 19.4 Å². The van der Waals surface area contributed by atoms with Gasteiger partial charge in [-0.2, -0.15) is 5.10 Å². The van der Waals surface area contributed by atoms with Gasteiger partial charge in [0.1, 0.15) is 6.10 Å². The quantitative estimate of drug-likeness (QED) is 0.648. The maximum absolute atomic E-state index is 5.91. The fourth-order valence-corrected chi connectivity index (χ4v) is 3.43. The number of aliphatic imine (C=N–C) groups is 1. The second-order valence-corrected chi connectivity index (χ2v) is 6.46. The van der Waals surface area contributed by atoms with Crippen LogP contribution < -0.4 is 5.32 Å². The number of rotatable bonds is 3. The molecule has 0 aliphatic carbocycles. The number of hydrogen-bond donors (Lipinski definition) is 1. The first-order chi connectivity index (χ1) is 11.2. The normalized spacial score (nSPS) is 26.7. The average Bonchev–Trinajstić information content (AvgIpc) is 3.17. The van der Waals surface area contributed by atoms with E-state index < -0.39 is 0 Å². The Kier molecular flexibility index (Phi) is 5.17. The van der Waals surface area contributed by atoms with Crippen LogP contribution in [0.3, 0.4) is 0 Å². The summed E-state index contributed by atoms with van der Waals surface area (Å²) in [6, 6.07) is 0.613. The summed E-state index contributed by atoms with van der Waals surface area (Å²) in [6.07, 6.45) is 6.53. The van der Waals surface area contributed by atoms with Crippen LogP contribution in [-0.4, -0.2) is 78.5 Å². The van der Waals surface area contributed by atoms with Gasteiger partial charge in [-0.25, -0.2) is 0 Å². The van der Waals surface area contributed by atoms with Crippen LogP contribution >= 0.6 is 0 Å². The molecular formula is C16H28N6O. The smallest absolute Gasteiger partial charge is 0.193 e. The fraction of sp³-hybridized carbons (Fsp3) is 0.750.